The van der Waals surface area contributed by atoms with Crippen molar-refractivity contribution < 1.29 is 17.7 Å². The minimum Gasteiger partial charge on any atom is -0.308 e. The van der Waals surface area contributed by atoms with Crippen LogP contribution >= 0.6 is 0 Å². The predicted molar refractivity (Wildman–Crippen MR) is 107 cm³/mol. The summed E-state index contributed by atoms with van der Waals surface area (Å²) in [6.07, 6.45) is 6.42. The largest absolute Gasteiger partial charge is 0.323 e. The average molecular weight is 388 g/mol. The van der Waals surface area contributed by atoms with Crippen molar-refractivity contribution in [3.8, 4) is 0 Å². The maximum Gasteiger partial charge on any atom is 0.323 e. The summed E-state index contributed by atoms with van der Waals surface area (Å²) in [5, 5.41) is 5.57. The van der Waals surface area contributed by atoms with Crippen molar-refractivity contribution >= 4 is 28.8 Å². The fourth-order valence-electron chi connectivity index (χ4n) is 3.43. The molecule has 0 spiro atoms. The molecule has 0 aromatic heterocycles. The first-order valence-electron chi connectivity index (χ1n) is 9.11. The SMILES string of the molecule is O=C(Nc1ccc(C2CCCCC2)cc1)Nc1cccc(COS(=O)O)c1. The summed E-state index contributed by atoms with van der Waals surface area (Å²) in [6.45, 7) is -0.0110. The molecule has 1 fully saturated rings. The molecule has 2 aromatic rings. The van der Waals surface area contributed by atoms with E-state index in [1.54, 1.807) is 24.3 Å². The number of urea groups is 1. The highest BCUT2D eigenvalue weighted by Crippen LogP contribution is 2.32. The number of benzene rings is 2. The van der Waals surface area contributed by atoms with Crippen LogP contribution in [0.5, 0.6) is 0 Å². The lowest BCUT2D eigenvalue weighted by atomic mass is 9.84. The van der Waals surface area contributed by atoms with Crippen LogP contribution in [0.2, 0.25) is 0 Å². The van der Waals surface area contributed by atoms with Gasteiger partial charge in [0.25, 0.3) is 0 Å². The Morgan fingerprint density at radius 3 is 2.44 bits per heavy atom. The molecule has 1 saturated carbocycles. The van der Waals surface area contributed by atoms with Crippen molar-refractivity contribution in [1.82, 2.24) is 0 Å². The number of hydrogen-bond acceptors (Lipinski definition) is 3. The molecule has 27 heavy (non-hydrogen) atoms. The molecule has 1 atom stereocenters. The van der Waals surface area contributed by atoms with Crippen LogP contribution < -0.4 is 10.6 Å². The van der Waals surface area contributed by atoms with E-state index in [4.69, 9.17) is 4.55 Å². The van der Waals surface area contributed by atoms with Gasteiger partial charge < -0.3 is 10.6 Å². The van der Waals surface area contributed by atoms with E-state index < -0.39 is 11.4 Å². The minimum absolute atomic E-state index is 0.0110. The van der Waals surface area contributed by atoms with Crippen LogP contribution in [-0.2, 0) is 22.2 Å². The molecule has 1 aliphatic carbocycles. The van der Waals surface area contributed by atoms with E-state index in [1.807, 2.05) is 12.1 Å². The van der Waals surface area contributed by atoms with E-state index >= 15 is 0 Å². The van der Waals surface area contributed by atoms with Crippen LogP contribution in [0.1, 0.15) is 49.1 Å². The Bertz CT molecular complexity index is 789. The molecule has 1 unspecified atom stereocenters. The van der Waals surface area contributed by atoms with Crippen molar-refractivity contribution in [1.29, 1.82) is 0 Å². The summed E-state index contributed by atoms with van der Waals surface area (Å²) in [4.78, 5) is 12.2. The highest BCUT2D eigenvalue weighted by Gasteiger charge is 2.15. The van der Waals surface area contributed by atoms with Gasteiger partial charge in [0, 0.05) is 11.4 Å². The molecular weight excluding hydrogens is 364 g/mol. The van der Waals surface area contributed by atoms with Gasteiger partial charge in [-0.3, -0.25) is 8.74 Å². The molecule has 1 aliphatic rings. The second kappa shape index (κ2) is 9.64. The van der Waals surface area contributed by atoms with Crippen molar-refractivity contribution in [2.45, 2.75) is 44.6 Å². The molecule has 3 N–H and O–H groups in total. The van der Waals surface area contributed by atoms with Gasteiger partial charge in [-0.25, -0.2) is 4.79 Å². The lowest BCUT2D eigenvalue weighted by molar-refractivity contribution is 0.262. The maximum atomic E-state index is 12.2. The van der Waals surface area contributed by atoms with E-state index in [0.29, 0.717) is 17.2 Å². The summed E-state index contributed by atoms with van der Waals surface area (Å²) in [5.41, 5.74) is 3.35. The standard InChI is InChI=1S/C20H24N2O4S/c23-20(22-19-8-4-5-15(13-19)14-26-27(24)25)21-18-11-9-17(10-12-18)16-6-2-1-3-7-16/h4-5,8-13,16H,1-3,6-7,14H2,(H,24,25)(H2,21,22,23). The zero-order chi connectivity index (χ0) is 19.1. The Hall–Kier alpha value is -2.22. The number of carbonyl (C=O) groups is 1. The molecule has 3 rings (SSSR count). The molecule has 0 radical (unpaired) electrons. The maximum absolute atomic E-state index is 12.2. The Morgan fingerprint density at radius 1 is 1.04 bits per heavy atom. The topological polar surface area (TPSA) is 87.7 Å². The van der Waals surface area contributed by atoms with Gasteiger partial charge >= 0.3 is 17.4 Å². The average Bonchev–Trinajstić information content (AvgIpc) is 2.68. The second-order valence-electron chi connectivity index (χ2n) is 6.72. The van der Waals surface area contributed by atoms with Gasteiger partial charge in [-0.2, -0.15) is 4.21 Å². The normalized spacial score (nSPS) is 15.9. The molecule has 0 bridgehead atoms. The Balaban J connectivity index is 1.54. The summed E-state index contributed by atoms with van der Waals surface area (Å²) in [6, 6.07) is 14.6. The van der Waals surface area contributed by atoms with Gasteiger partial charge in [-0.05, 0) is 54.2 Å². The summed E-state index contributed by atoms with van der Waals surface area (Å²) in [5.74, 6) is 0.639. The summed E-state index contributed by atoms with van der Waals surface area (Å²) >= 11 is -2.31. The lowest BCUT2D eigenvalue weighted by Crippen LogP contribution is -2.19. The third kappa shape index (κ3) is 6.16. The van der Waals surface area contributed by atoms with E-state index in [2.05, 4.69) is 26.9 Å². The molecule has 6 nitrogen and oxygen atoms in total. The van der Waals surface area contributed by atoms with E-state index in [9.17, 15) is 9.00 Å². The van der Waals surface area contributed by atoms with Crippen molar-refractivity contribution in [3.63, 3.8) is 0 Å². The third-order valence-corrected chi connectivity index (χ3v) is 5.08. The van der Waals surface area contributed by atoms with Crippen molar-refractivity contribution in [3.05, 3.63) is 59.7 Å². The molecule has 2 amide bonds. The van der Waals surface area contributed by atoms with Gasteiger partial charge in [0.2, 0.25) is 0 Å². The Morgan fingerprint density at radius 2 is 1.74 bits per heavy atom. The molecule has 7 heteroatoms. The lowest BCUT2D eigenvalue weighted by Gasteiger charge is -2.22. The number of anilines is 2. The van der Waals surface area contributed by atoms with Crippen molar-refractivity contribution in [2.24, 2.45) is 0 Å². The smallest absolute Gasteiger partial charge is 0.308 e. The van der Waals surface area contributed by atoms with Crippen LogP contribution in [-0.4, -0.2) is 14.8 Å². The Labute approximate surface area is 161 Å². The van der Waals surface area contributed by atoms with Gasteiger partial charge in [-0.1, -0.05) is 43.5 Å². The fraction of sp³-hybridized carbons (Fsp3) is 0.350. The van der Waals surface area contributed by atoms with E-state index in [1.165, 1.54) is 37.7 Å². The van der Waals surface area contributed by atoms with E-state index in [-0.39, 0.29) is 12.6 Å². The summed E-state index contributed by atoms with van der Waals surface area (Å²) in [7, 11) is 0. The summed E-state index contributed by atoms with van der Waals surface area (Å²) < 4.78 is 23.9. The first-order chi connectivity index (χ1) is 13.1. The molecule has 0 heterocycles. The highest BCUT2D eigenvalue weighted by atomic mass is 32.2. The number of rotatable bonds is 6. The van der Waals surface area contributed by atoms with Crippen LogP contribution in [0, 0.1) is 0 Å². The number of hydrogen-bond donors (Lipinski definition) is 3. The predicted octanol–water partition coefficient (Wildman–Crippen LogP) is 5.03. The number of carbonyl (C=O) groups excluding carboxylic acids is 1. The first-order valence-corrected chi connectivity index (χ1v) is 10.1. The Kier molecular flexibility index (Phi) is 6.98. The number of nitrogens with one attached hydrogen (secondary N) is 2. The highest BCUT2D eigenvalue weighted by molar-refractivity contribution is 7.74. The van der Waals surface area contributed by atoms with Gasteiger partial charge in [0.15, 0.2) is 0 Å². The number of amides is 2. The van der Waals surface area contributed by atoms with Crippen LogP contribution in [0.3, 0.4) is 0 Å². The van der Waals surface area contributed by atoms with Crippen LogP contribution in [0.25, 0.3) is 0 Å². The molecule has 0 saturated heterocycles. The molecular formula is C20H24N2O4S. The van der Waals surface area contributed by atoms with Crippen LogP contribution in [0.4, 0.5) is 16.2 Å². The zero-order valence-electron chi connectivity index (χ0n) is 15.0. The second-order valence-corrected chi connectivity index (χ2v) is 7.39. The first kappa shape index (κ1) is 19.5. The molecule has 144 valence electrons. The van der Waals surface area contributed by atoms with E-state index in [0.717, 1.165) is 5.69 Å². The van der Waals surface area contributed by atoms with Crippen LogP contribution in [0.15, 0.2) is 48.5 Å². The fourth-order valence-corrected chi connectivity index (χ4v) is 3.66. The zero-order valence-corrected chi connectivity index (χ0v) is 15.8. The monoisotopic (exact) mass is 388 g/mol. The molecule has 0 aliphatic heterocycles. The third-order valence-electron chi connectivity index (χ3n) is 4.76. The van der Waals surface area contributed by atoms with Gasteiger partial charge in [0.1, 0.15) is 0 Å². The van der Waals surface area contributed by atoms with Gasteiger partial charge in [-0.15, -0.1) is 0 Å². The molecule has 2 aromatic carbocycles. The van der Waals surface area contributed by atoms with Gasteiger partial charge in [0.05, 0.1) is 6.61 Å². The minimum atomic E-state index is -2.31. The van der Waals surface area contributed by atoms with Crippen molar-refractivity contribution in [2.75, 3.05) is 10.6 Å². The quantitative estimate of drug-likeness (QED) is 0.606.